The first kappa shape index (κ1) is 21.1. The van der Waals surface area contributed by atoms with Crippen LogP contribution in [0.2, 0.25) is 0 Å². The molecular weight excluding hydrogens is 428 g/mol. The number of carbonyl (C=O) groups excluding carboxylic acids is 1. The molecule has 2 aromatic rings. The number of aryl methyl sites for hydroxylation is 2. The maximum Gasteiger partial charge on any atom is 0.224 e. The summed E-state index contributed by atoms with van der Waals surface area (Å²) in [6.07, 6.45) is 1.83. The summed E-state index contributed by atoms with van der Waals surface area (Å²) >= 11 is 3.43. The van der Waals surface area contributed by atoms with Crippen molar-refractivity contribution in [1.82, 2.24) is 0 Å². The van der Waals surface area contributed by atoms with Gasteiger partial charge in [-0.05, 0) is 61.2 Å². The normalized spacial score (nSPS) is 11.0. The standard InChI is InChI=1S/C20H21BrN2O3S/c1-3-27(25,26)19-10-9-18(12-16(19)13-22)23-20(24)6-4-5-15-7-8-17(21)11-14(15)2/h7-12H,3-6H2,1-2H3,(H,23,24). The van der Waals surface area contributed by atoms with Gasteiger partial charge in [-0.3, -0.25) is 4.79 Å². The second-order valence-electron chi connectivity index (χ2n) is 6.20. The molecule has 0 saturated carbocycles. The molecule has 0 heterocycles. The predicted molar refractivity (Wildman–Crippen MR) is 109 cm³/mol. The predicted octanol–water partition coefficient (Wildman–Crippen LogP) is 4.38. The van der Waals surface area contributed by atoms with Crippen molar-refractivity contribution in [2.75, 3.05) is 11.1 Å². The lowest BCUT2D eigenvalue weighted by molar-refractivity contribution is -0.116. The number of benzene rings is 2. The number of carbonyl (C=O) groups is 1. The van der Waals surface area contributed by atoms with Gasteiger partial charge in [0.15, 0.2) is 9.84 Å². The molecule has 0 fully saturated rings. The fourth-order valence-corrected chi connectivity index (χ4v) is 4.23. The minimum absolute atomic E-state index is 0.00351. The van der Waals surface area contributed by atoms with Gasteiger partial charge in [0.2, 0.25) is 5.91 Å². The third-order valence-corrected chi connectivity index (χ3v) is 6.53. The van der Waals surface area contributed by atoms with Gasteiger partial charge in [-0.15, -0.1) is 0 Å². The summed E-state index contributed by atoms with van der Waals surface area (Å²) in [6, 6.07) is 12.3. The Hall–Kier alpha value is -2.17. The third kappa shape index (κ3) is 5.65. The Morgan fingerprint density at radius 3 is 2.59 bits per heavy atom. The molecule has 0 saturated heterocycles. The van der Waals surface area contributed by atoms with Crippen LogP contribution < -0.4 is 5.32 Å². The number of nitrogens with one attached hydrogen (secondary N) is 1. The molecule has 7 heteroatoms. The number of rotatable bonds is 7. The van der Waals surface area contributed by atoms with Crippen LogP contribution in [-0.4, -0.2) is 20.1 Å². The van der Waals surface area contributed by atoms with Crippen molar-refractivity contribution in [3.63, 3.8) is 0 Å². The van der Waals surface area contributed by atoms with Gasteiger partial charge in [0, 0.05) is 16.6 Å². The second kappa shape index (κ2) is 9.16. The van der Waals surface area contributed by atoms with Gasteiger partial charge in [-0.2, -0.15) is 5.26 Å². The first-order chi connectivity index (χ1) is 12.8. The molecule has 5 nitrogen and oxygen atoms in total. The second-order valence-corrected chi connectivity index (χ2v) is 9.36. The molecule has 0 aliphatic rings. The summed E-state index contributed by atoms with van der Waals surface area (Å²) in [6.45, 7) is 3.56. The maximum absolute atomic E-state index is 12.2. The van der Waals surface area contributed by atoms with Gasteiger partial charge in [-0.25, -0.2) is 8.42 Å². The summed E-state index contributed by atoms with van der Waals surface area (Å²) in [5, 5.41) is 11.9. The van der Waals surface area contributed by atoms with Crippen molar-refractivity contribution in [3.05, 3.63) is 57.6 Å². The number of nitriles is 1. The van der Waals surface area contributed by atoms with E-state index < -0.39 is 9.84 Å². The first-order valence-electron chi connectivity index (χ1n) is 8.58. The highest BCUT2D eigenvalue weighted by atomic mass is 79.9. The zero-order valence-corrected chi connectivity index (χ0v) is 17.7. The Morgan fingerprint density at radius 1 is 1.22 bits per heavy atom. The van der Waals surface area contributed by atoms with E-state index in [-0.39, 0.29) is 22.1 Å². The summed E-state index contributed by atoms with van der Waals surface area (Å²) < 4.78 is 25.0. The SMILES string of the molecule is CCS(=O)(=O)c1ccc(NC(=O)CCCc2ccc(Br)cc2C)cc1C#N. The van der Waals surface area contributed by atoms with E-state index in [1.165, 1.54) is 36.2 Å². The van der Waals surface area contributed by atoms with Gasteiger partial charge < -0.3 is 5.32 Å². The van der Waals surface area contributed by atoms with Crippen LogP contribution in [0.15, 0.2) is 45.8 Å². The lowest BCUT2D eigenvalue weighted by atomic mass is 10.0. The molecule has 0 aliphatic heterocycles. The molecule has 0 radical (unpaired) electrons. The van der Waals surface area contributed by atoms with Gasteiger partial charge in [0.25, 0.3) is 0 Å². The lowest BCUT2D eigenvalue weighted by Gasteiger charge is -2.09. The topological polar surface area (TPSA) is 87.0 Å². The van der Waals surface area contributed by atoms with Crippen molar-refractivity contribution in [3.8, 4) is 6.07 Å². The average molecular weight is 449 g/mol. The van der Waals surface area contributed by atoms with Crippen molar-refractivity contribution in [1.29, 1.82) is 5.26 Å². The van der Waals surface area contributed by atoms with E-state index in [1.54, 1.807) is 0 Å². The first-order valence-corrected chi connectivity index (χ1v) is 11.0. The molecule has 142 valence electrons. The van der Waals surface area contributed by atoms with Crippen molar-refractivity contribution < 1.29 is 13.2 Å². The summed E-state index contributed by atoms with van der Waals surface area (Å²) in [5.41, 5.74) is 2.84. The summed E-state index contributed by atoms with van der Waals surface area (Å²) in [4.78, 5) is 12.2. The lowest BCUT2D eigenvalue weighted by Crippen LogP contribution is -2.13. The number of anilines is 1. The van der Waals surface area contributed by atoms with E-state index in [4.69, 9.17) is 0 Å². The zero-order chi connectivity index (χ0) is 20.0. The molecule has 0 atom stereocenters. The minimum atomic E-state index is -3.48. The summed E-state index contributed by atoms with van der Waals surface area (Å²) in [5.74, 6) is -0.247. The molecule has 0 spiro atoms. The molecule has 0 aromatic heterocycles. The van der Waals surface area contributed by atoms with Crippen LogP contribution in [-0.2, 0) is 21.1 Å². The number of hydrogen-bond donors (Lipinski definition) is 1. The zero-order valence-electron chi connectivity index (χ0n) is 15.3. The largest absolute Gasteiger partial charge is 0.326 e. The Morgan fingerprint density at radius 2 is 1.96 bits per heavy atom. The van der Waals surface area contributed by atoms with Crippen LogP contribution in [0.1, 0.15) is 36.5 Å². The molecule has 2 aromatic carbocycles. The van der Waals surface area contributed by atoms with Gasteiger partial charge in [-0.1, -0.05) is 28.9 Å². The highest BCUT2D eigenvalue weighted by Gasteiger charge is 2.17. The van der Waals surface area contributed by atoms with E-state index >= 15 is 0 Å². The maximum atomic E-state index is 12.2. The molecule has 1 N–H and O–H groups in total. The smallest absolute Gasteiger partial charge is 0.224 e. The van der Waals surface area contributed by atoms with Crippen molar-refractivity contribution in [2.24, 2.45) is 0 Å². The number of amides is 1. The van der Waals surface area contributed by atoms with E-state index in [0.717, 1.165) is 10.9 Å². The number of halogens is 1. The molecule has 0 bridgehead atoms. The van der Waals surface area contributed by atoms with Crippen LogP contribution in [0.25, 0.3) is 0 Å². The fourth-order valence-electron chi connectivity index (χ4n) is 2.72. The van der Waals surface area contributed by atoms with E-state index in [0.29, 0.717) is 18.5 Å². The molecule has 0 aliphatic carbocycles. The van der Waals surface area contributed by atoms with Crippen LogP contribution in [0.4, 0.5) is 5.69 Å². The van der Waals surface area contributed by atoms with Gasteiger partial charge >= 0.3 is 0 Å². The van der Waals surface area contributed by atoms with E-state index in [9.17, 15) is 18.5 Å². The quantitative estimate of drug-likeness (QED) is 0.680. The van der Waals surface area contributed by atoms with Crippen LogP contribution in [0.5, 0.6) is 0 Å². The minimum Gasteiger partial charge on any atom is -0.326 e. The Kier molecular flexibility index (Phi) is 7.17. The van der Waals surface area contributed by atoms with Crippen molar-refractivity contribution >= 4 is 37.4 Å². The number of hydrogen-bond acceptors (Lipinski definition) is 4. The van der Waals surface area contributed by atoms with E-state index in [1.807, 2.05) is 31.2 Å². The molecule has 1 amide bonds. The highest BCUT2D eigenvalue weighted by Crippen LogP contribution is 2.22. The van der Waals surface area contributed by atoms with Gasteiger partial charge in [0.1, 0.15) is 6.07 Å². The molecular formula is C20H21BrN2O3S. The summed E-state index contributed by atoms with van der Waals surface area (Å²) in [7, 11) is -3.48. The fraction of sp³-hybridized carbons (Fsp3) is 0.300. The number of nitrogens with zero attached hydrogens (tertiary/aromatic N) is 1. The Labute approximate surface area is 168 Å². The molecule has 27 heavy (non-hydrogen) atoms. The molecule has 2 rings (SSSR count). The van der Waals surface area contributed by atoms with Gasteiger partial charge in [0.05, 0.1) is 16.2 Å². The van der Waals surface area contributed by atoms with Crippen LogP contribution in [0, 0.1) is 18.3 Å². The Balaban J connectivity index is 1.98. The van der Waals surface area contributed by atoms with Crippen molar-refractivity contribution in [2.45, 2.75) is 38.0 Å². The van der Waals surface area contributed by atoms with E-state index in [2.05, 4.69) is 21.2 Å². The Bertz CT molecular complexity index is 995. The molecule has 0 unspecified atom stereocenters. The monoisotopic (exact) mass is 448 g/mol. The highest BCUT2D eigenvalue weighted by molar-refractivity contribution is 9.10. The van der Waals surface area contributed by atoms with Crippen LogP contribution in [0.3, 0.4) is 0 Å². The number of sulfone groups is 1. The average Bonchev–Trinajstić information content (AvgIpc) is 2.63. The third-order valence-electron chi connectivity index (χ3n) is 4.25. The van der Waals surface area contributed by atoms with Crippen LogP contribution >= 0.6 is 15.9 Å².